The van der Waals surface area contributed by atoms with E-state index in [-0.39, 0.29) is 30.5 Å². The van der Waals surface area contributed by atoms with Gasteiger partial charge in [0, 0.05) is 17.5 Å². The number of nitrogens with zero attached hydrogens (tertiary/aromatic N) is 2. The van der Waals surface area contributed by atoms with Gasteiger partial charge in [-0.1, -0.05) is 31.5 Å². The minimum atomic E-state index is -0.556. The van der Waals surface area contributed by atoms with Crippen LogP contribution in [-0.2, 0) is 14.3 Å². The normalized spacial score (nSPS) is 11.6. The number of aromatic nitrogens is 2. The lowest BCUT2D eigenvalue weighted by atomic mass is 10.0. The van der Waals surface area contributed by atoms with Crippen LogP contribution in [0.1, 0.15) is 37.2 Å². The Morgan fingerprint density at radius 3 is 2.21 bits per heavy atom. The van der Waals surface area contributed by atoms with Crippen LogP contribution in [0.3, 0.4) is 0 Å². The highest BCUT2D eigenvalue weighted by Gasteiger charge is 2.25. The van der Waals surface area contributed by atoms with Crippen molar-refractivity contribution in [2.75, 3.05) is 27.9 Å². The van der Waals surface area contributed by atoms with Gasteiger partial charge in [-0.3, -0.25) is 14.4 Å². The fraction of sp³-hybridized carbons (Fsp3) is 0.357. The number of hydrogen-bond acceptors (Lipinski definition) is 7. The van der Waals surface area contributed by atoms with Gasteiger partial charge >= 0.3 is 5.97 Å². The molecule has 0 unspecified atom stereocenters. The molecular weight excluding hydrogens is 524 g/mol. The van der Waals surface area contributed by atoms with E-state index in [2.05, 4.69) is 20.5 Å². The van der Waals surface area contributed by atoms with Crippen LogP contribution in [0, 0.1) is 5.92 Å². The molecule has 0 spiro atoms. The van der Waals surface area contributed by atoms with E-state index in [0.717, 1.165) is 0 Å². The van der Waals surface area contributed by atoms with Crippen molar-refractivity contribution >= 4 is 29.4 Å². The van der Waals surface area contributed by atoms with Crippen LogP contribution >= 0.6 is 11.6 Å². The minimum absolute atomic E-state index is 0.00794. The van der Waals surface area contributed by atoms with Gasteiger partial charge in [-0.25, -0.2) is 4.68 Å². The van der Waals surface area contributed by atoms with E-state index in [4.69, 9.17) is 21.1 Å². The van der Waals surface area contributed by atoms with Gasteiger partial charge in [0.05, 0.1) is 38.3 Å². The molecule has 11 heteroatoms. The van der Waals surface area contributed by atoms with Crippen molar-refractivity contribution in [2.24, 2.45) is 5.92 Å². The van der Waals surface area contributed by atoms with E-state index >= 15 is 0 Å². The molecule has 3 aromatic rings. The Kier molecular flexibility index (Phi) is 10.3. The molecule has 10 nitrogen and oxygen atoms in total. The number of hydrogen-bond donors (Lipinski definition) is 2. The lowest BCUT2D eigenvalue weighted by Gasteiger charge is -2.19. The Morgan fingerprint density at radius 2 is 1.64 bits per heavy atom. The van der Waals surface area contributed by atoms with Crippen LogP contribution in [0.2, 0.25) is 5.02 Å². The summed E-state index contributed by atoms with van der Waals surface area (Å²) in [6, 6.07) is 13.6. The quantitative estimate of drug-likeness (QED) is 0.323. The third-order valence-electron chi connectivity index (χ3n) is 5.88. The van der Waals surface area contributed by atoms with Crippen LogP contribution in [0.4, 0.5) is 0 Å². The number of nitrogens with one attached hydrogen (secondary N) is 2. The van der Waals surface area contributed by atoms with Gasteiger partial charge in [-0.2, -0.15) is 5.10 Å². The fourth-order valence-corrected chi connectivity index (χ4v) is 4.24. The Hall–Kier alpha value is -4.05. The summed E-state index contributed by atoms with van der Waals surface area (Å²) in [5, 5.41) is 10.6. The largest absolute Gasteiger partial charge is 0.496 e. The first kappa shape index (κ1) is 29.5. The lowest BCUT2D eigenvalue weighted by Crippen LogP contribution is -2.41. The zero-order valence-electron chi connectivity index (χ0n) is 22.6. The molecule has 0 aliphatic carbocycles. The lowest BCUT2D eigenvalue weighted by molar-refractivity contribution is -0.141. The highest BCUT2D eigenvalue weighted by atomic mass is 35.5. The zero-order valence-corrected chi connectivity index (χ0v) is 23.4. The van der Waals surface area contributed by atoms with Crippen LogP contribution in [0.15, 0.2) is 48.5 Å². The van der Waals surface area contributed by atoms with Gasteiger partial charge in [-0.15, -0.1) is 0 Å². The Balaban J connectivity index is 1.98. The summed E-state index contributed by atoms with van der Waals surface area (Å²) >= 11 is 6.10. The number of benzene rings is 2. The molecule has 0 saturated heterocycles. The maximum Gasteiger partial charge on any atom is 0.325 e. The number of carbonyl (C=O) groups excluding carboxylic acids is 3. The molecule has 0 aliphatic rings. The molecule has 2 amide bonds. The number of halogens is 1. The van der Waals surface area contributed by atoms with Gasteiger partial charge in [0.25, 0.3) is 5.91 Å². The first-order valence-corrected chi connectivity index (χ1v) is 12.8. The second kappa shape index (κ2) is 13.7. The van der Waals surface area contributed by atoms with Crippen molar-refractivity contribution in [2.45, 2.75) is 32.7 Å². The highest BCUT2D eigenvalue weighted by molar-refractivity contribution is 6.30. The standard InChI is InChI=1S/C28H33ClN4O6/c1-17(2)13-19(14-25(34)30-16-26(35)39-5)31-28(36)21-15-22(27-23(37-3)7-6-8-24(27)38-4)33(32-21)20-11-9-18(29)10-12-20/h6-12,15,17,19H,13-14,16H2,1-5H3,(H,30,34)(H,31,36)/t19-/m0/s1. The smallest absolute Gasteiger partial charge is 0.325 e. The summed E-state index contributed by atoms with van der Waals surface area (Å²) in [4.78, 5) is 37.3. The number of amides is 2. The summed E-state index contributed by atoms with van der Waals surface area (Å²) < 4.78 is 17.4. The molecule has 3 rings (SSSR count). The first-order valence-electron chi connectivity index (χ1n) is 12.4. The van der Waals surface area contributed by atoms with Crippen molar-refractivity contribution in [3.05, 3.63) is 59.2 Å². The van der Waals surface area contributed by atoms with Gasteiger partial charge in [0.1, 0.15) is 18.0 Å². The SMILES string of the molecule is COC(=O)CNC(=O)C[C@H](CC(C)C)NC(=O)c1cc(-c2c(OC)cccc2OC)n(-c2ccc(Cl)cc2)n1. The Labute approximate surface area is 232 Å². The van der Waals surface area contributed by atoms with E-state index in [0.29, 0.717) is 39.9 Å². The molecular formula is C28H33ClN4O6. The van der Waals surface area contributed by atoms with Crippen molar-refractivity contribution in [3.63, 3.8) is 0 Å². The molecule has 2 aromatic carbocycles. The van der Waals surface area contributed by atoms with E-state index in [1.165, 1.54) is 7.11 Å². The molecule has 0 bridgehead atoms. The van der Waals surface area contributed by atoms with Gasteiger partial charge in [0.15, 0.2) is 5.69 Å². The number of carbonyl (C=O) groups is 3. The molecule has 1 atom stereocenters. The molecule has 0 saturated carbocycles. The van der Waals surface area contributed by atoms with Crippen molar-refractivity contribution in [3.8, 4) is 28.4 Å². The summed E-state index contributed by atoms with van der Waals surface area (Å²) in [5.74, 6) is -0.113. The molecule has 39 heavy (non-hydrogen) atoms. The van der Waals surface area contributed by atoms with E-state index in [1.54, 1.807) is 67.4 Å². The Bertz CT molecular complexity index is 1280. The van der Waals surface area contributed by atoms with Crippen LogP contribution in [0.25, 0.3) is 16.9 Å². The van der Waals surface area contributed by atoms with Gasteiger partial charge in [0.2, 0.25) is 5.91 Å². The van der Waals surface area contributed by atoms with Crippen LogP contribution in [0.5, 0.6) is 11.5 Å². The second-order valence-electron chi connectivity index (χ2n) is 9.20. The second-order valence-corrected chi connectivity index (χ2v) is 9.63. The maximum absolute atomic E-state index is 13.4. The molecule has 0 fully saturated rings. The number of methoxy groups -OCH3 is 3. The molecule has 0 radical (unpaired) electrons. The summed E-state index contributed by atoms with van der Waals surface area (Å²) in [5.41, 5.74) is 1.98. The van der Waals surface area contributed by atoms with E-state index in [1.807, 2.05) is 13.8 Å². The maximum atomic E-state index is 13.4. The van der Waals surface area contributed by atoms with Crippen LogP contribution in [-0.4, -0.2) is 61.5 Å². The predicted molar refractivity (Wildman–Crippen MR) is 147 cm³/mol. The predicted octanol–water partition coefficient (Wildman–Crippen LogP) is 4.03. The van der Waals surface area contributed by atoms with Crippen molar-refractivity contribution in [1.29, 1.82) is 0 Å². The number of ether oxygens (including phenoxy) is 3. The summed E-state index contributed by atoms with van der Waals surface area (Å²) in [6.07, 6.45) is 0.536. The molecule has 2 N–H and O–H groups in total. The van der Waals surface area contributed by atoms with Crippen molar-refractivity contribution < 1.29 is 28.6 Å². The summed E-state index contributed by atoms with van der Waals surface area (Å²) in [6.45, 7) is 3.74. The molecule has 1 aromatic heterocycles. The van der Waals surface area contributed by atoms with Crippen LogP contribution < -0.4 is 20.1 Å². The zero-order chi connectivity index (χ0) is 28.5. The van der Waals surface area contributed by atoms with Gasteiger partial charge < -0.3 is 24.8 Å². The monoisotopic (exact) mass is 556 g/mol. The third-order valence-corrected chi connectivity index (χ3v) is 6.13. The van der Waals surface area contributed by atoms with Gasteiger partial charge in [-0.05, 0) is 54.8 Å². The first-order chi connectivity index (χ1) is 18.7. The van der Waals surface area contributed by atoms with Crippen molar-refractivity contribution in [1.82, 2.24) is 20.4 Å². The number of esters is 1. The highest BCUT2D eigenvalue weighted by Crippen LogP contribution is 2.39. The van der Waals surface area contributed by atoms with E-state index in [9.17, 15) is 14.4 Å². The molecule has 0 aliphatic heterocycles. The third kappa shape index (κ3) is 7.73. The number of rotatable bonds is 12. The average Bonchev–Trinajstić information content (AvgIpc) is 3.36. The molecule has 1 heterocycles. The topological polar surface area (TPSA) is 121 Å². The summed E-state index contributed by atoms with van der Waals surface area (Å²) in [7, 11) is 4.35. The minimum Gasteiger partial charge on any atom is -0.496 e. The Morgan fingerprint density at radius 1 is 1.00 bits per heavy atom. The molecule has 208 valence electrons. The fourth-order valence-electron chi connectivity index (χ4n) is 4.11. The van der Waals surface area contributed by atoms with E-state index < -0.39 is 17.9 Å². The average molecular weight is 557 g/mol.